The summed E-state index contributed by atoms with van der Waals surface area (Å²) in [6.45, 7) is 6.11. The fourth-order valence-corrected chi connectivity index (χ4v) is 1.99. The first kappa shape index (κ1) is 13.9. The summed E-state index contributed by atoms with van der Waals surface area (Å²) in [5, 5.41) is 21.3. The van der Waals surface area contributed by atoms with Crippen LogP contribution in [-0.2, 0) is 9.59 Å². The zero-order valence-electron chi connectivity index (χ0n) is 10.4. The first-order valence-electron chi connectivity index (χ1n) is 5.72. The smallest absolute Gasteiger partial charge is 0.306 e. The predicted molar refractivity (Wildman–Crippen MR) is 61.2 cm³/mol. The molecule has 1 saturated heterocycles. The van der Waals surface area contributed by atoms with Crippen molar-refractivity contribution < 1.29 is 19.8 Å². The SMILES string of the molecule is CC(C)C1(C)NCC(=O)N1CC(O)CC(=O)O. The third-order valence-corrected chi connectivity index (χ3v) is 3.39. The van der Waals surface area contributed by atoms with Gasteiger partial charge < -0.3 is 15.1 Å². The Bertz CT molecular complexity index is 319. The van der Waals surface area contributed by atoms with Gasteiger partial charge in [0, 0.05) is 6.54 Å². The van der Waals surface area contributed by atoms with E-state index in [1.54, 1.807) is 0 Å². The quantitative estimate of drug-likeness (QED) is 0.613. The Morgan fingerprint density at radius 2 is 2.18 bits per heavy atom. The monoisotopic (exact) mass is 244 g/mol. The van der Waals surface area contributed by atoms with Gasteiger partial charge in [0.25, 0.3) is 0 Å². The molecule has 1 heterocycles. The van der Waals surface area contributed by atoms with Crippen molar-refractivity contribution in [2.24, 2.45) is 5.92 Å². The number of aliphatic carboxylic acids is 1. The highest BCUT2D eigenvalue weighted by molar-refractivity contribution is 5.81. The number of carbonyl (C=O) groups excluding carboxylic acids is 1. The maximum absolute atomic E-state index is 11.7. The molecule has 1 aliphatic rings. The first-order valence-corrected chi connectivity index (χ1v) is 5.72. The van der Waals surface area contributed by atoms with Crippen molar-refractivity contribution in [2.45, 2.75) is 39.0 Å². The molecule has 0 bridgehead atoms. The van der Waals surface area contributed by atoms with Crippen molar-refractivity contribution in [2.75, 3.05) is 13.1 Å². The normalized spacial score (nSPS) is 26.6. The van der Waals surface area contributed by atoms with Gasteiger partial charge in [0.05, 0.1) is 24.7 Å². The summed E-state index contributed by atoms with van der Waals surface area (Å²) in [4.78, 5) is 23.7. The number of β-amino-alcohol motifs (C(OH)–C–C–N with tert-alkyl or cyclic N) is 1. The van der Waals surface area contributed by atoms with Gasteiger partial charge in [-0.1, -0.05) is 13.8 Å². The van der Waals surface area contributed by atoms with Crippen molar-refractivity contribution in [1.29, 1.82) is 0 Å². The van der Waals surface area contributed by atoms with Gasteiger partial charge >= 0.3 is 5.97 Å². The van der Waals surface area contributed by atoms with Crippen molar-refractivity contribution in [1.82, 2.24) is 10.2 Å². The van der Waals surface area contributed by atoms with E-state index in [2.05, 4.69) is 5.32 Å². The molecule has 0 saturated carbocycles. The maximum Gasteiger partial charge on any atom is 0.306 e. The lowest BCUT2D eigenvalue weighted by Crippen LogP contribution is -2.55. The first-order chi connectivity index (χ1) is 7.77. The number of hydrogen-bond donors (Lipinski definition) is 3. The van der Waals surface area contributed by atoms with Crippen molar-refractivity contribution in [3.8, 4) is 0 Å². The van der Waals surface area contributed by atoms with Gasteiger partial charge in [-0.2, -0.15) is 0 Å². The van der Waals surface area contributed by atoms with Gasteiger partial charge in [0.1, 0.15) is 0 Å². The highest BCUT2D eigenvalue weighted by atomic mass is 16.4. The van der Waals surface area contributed by atoms with Gasteiger partial charge in [-0.15, -0.1) is 0 Å². The number of rotatable bonds is 5. The molecule has 0 radical (unpaired) electrons. The Kier molecular flexibility index (Phi) is 4.11. The fourth-order valence-electron chi connectivity index (χ4n) is 1.99. The minimum Gasteiger partial charge on any atom is -0.481 e. The van der Waals surface area contributed by atoms with Crippen LogP contribution in [0.2, 0.25) is 0 Å². The minimum absolute atomic E-state index is 0.0484. The summed E-state index contributed by atoms with van der Waals surface area (Å²) in [6, 6.07) is 0. The van der Waals surface area contributed by atoms with Crippen molar-refractivity contribution in [3.05, 3.63) is 0 Å². The molecule has 98 valence electrons. The average Bonchev–Trinajstić information content (AvgIpc) is 2.46. The number of amides is 1. The van der Waals surface area contributed by atoms with E-state index >= 15 is 0 Å². The van der Waals surface area contributed by atoms with E-state index in [1.165, 1.54) is 4.90 Å². The molecule has 2 unspecified atom stereocenters. The summed E-state index contributed by atoms with van der Waals surface area (Å²) < 4.78 is 0. The molecule has 0 aliphatic carbocycles. The Morgan fingerprint density at radius 3 is 2.65 bits per heavy atom. The van der Waals surface area contributed by atoms with Crippen LogP contribution in [0.25, 0.3) is 0 Å². The van der Waals surface area contributed by atoms with Crippen LogP contribution in [0.15, 0.2) is 0 Å². The van der Waals surface area contributed by atoms with Gasteiger partial charge in [-0.05, 0) is 12.8 Å². The Hall–Kier alpha value is -1.14. The second kappa shape index (κ2) is 5.01. The third kappa shape index (κ3) is 2.95. The van der Waals surface area contributed by atoms with E-state index in [0.29, 0.717) is 0 Å². The number of carboxylic acid groups (broad SMARTS) is 1. The number of carboxylic acids is 1. The van der Waals surface area contributed by atoms with Crippen molar-refractivity contribution in [3.63, 3.8) is 0 Å². The molecular formula is C11H20N2O4. The number of nitrogens with one attached hydrogen (secondary N) is 1. The average molecular weight is 244 g/mol. The molecule has 0 aromatic rings. The van der Waals surface area contributed by atoms with Crippen LogP contribution in [0, 0.1) is 5.92 Å². The maximum atomic E-state index is 11.7. The standard InChI is InChI=1S/C11H20N2O4/c1-7(2)11(3)12-5-9(15)13(11)6-8(14)4-10(16)17/h7-8,12,14H,4-6H2,1-3H3,(H,16,17). The van der Waals surface area contributed by atoms with Crippen LogP contribution in [-0.4, -0.2) is 51.8 Å². The number of nitrogens with zero attached hydrogens (tertiary/aromatic N) is 1. The highest BCUT2D eigenvalue weighted by Gasteiger charge is 2.43. The van der Waals surface area contributed by atoms with E-state index in [0.717, 1.165) is 0 Å². The highest BCUT2D eigenvalue weighted by Crippen LogP contribution is 2.26. The molecule has 1 aliphatic heterocycles. The Morgan fingerprint density at radius 1 is 1.59 bits per heavy atom. The summed E-state index contributed by atoms with van der Waals surface area (Å²) in [7, 11) is 0. The number of aliphatic hydroxyl groups excluding tert-OH is 1. The van der Waals surface area contributed by atoms with Crippen LogP contribution < -0.4 is 5.32 Å². The van der Waals surface area contributed by atoms with E-state index in [9.17, 15) is 14.7 Å². The molecule has 1 fully saturated rings. The van der Waals surface area contributed by atoms with E-state index in [1.807, 2.05) is 20.8 Å². The molecule has 6 heteroatoms. The molecule has 1 amide bonds. The fraction of sp³-hybridized carbons (Fsp3) is 0.818. The number of aliphatic hydroxyl groups is 1. The summed E-state index contributed by atoms with van der Waals surface area (Å²) in [6.07, 6.45) is -1.38. The molecule has 0 aromatic carbocycles. The largest absolute Gasteiger partial charge is 0.481 e. The lowest BCUT2D eigenvalue weighted by atomic mass is 9.97. The zero-order valence-corrected chi connectivity index (χ0v) is 10.4. The topological polar surface area (TPSA) is 89.9 Å². The molecule has 3 N–H and O–H groups in total. The van der Waals surface area contributed by atoms with E-state index in [4.69, 9.17) is 5.11 Å². The second-order valence-electron chi connectivity index (χ2n) is 4.91. The predicted octanol–water partition coefficient (Wildman–Crippen LogP) is -0.374. The van der Waals surface area contributed by atoms with Crippen LogP contribution >= 0.6 is 0 Å². The zero-order chi connectivity index (χ0) is 13.2. The number of carbonyl (C=O) groups is 2. The van der Waals surface area contributed by atoms with E-state index < -0.39 is 17.7 Å². The van der Waals surface area contributed by atoms with Crippen LogP contribution in [0.5, 0.6) is 0 Å². The second-order valence-corrected chi connectivity index (χ2v) is 4.91. The Labute approximate surface area is 101 Å². The summed E-state index contributed by atoms with van der Waals surface area (Å²) in [5.41, 5.74) is -0.517. The molecule has 2 atom stereocenters. The third-order valence-electron chi connectivity index (χ3n) is 3.39. The van der Waals surface area contributed by atoms with Crippen LogP contribution in [0.3, 0.4) is 0 Å². The summed E-state index contributed by atoms with van der Waals surface area (Å²) >= 11 is 0. The molecule has 6 nitrogen and oxygen atoms in total. The van der Waals surface area contributed by atoms with Crippen LogP contribution in [0.4, 0.5) is 0 Å². The molecule has 17 heavy (non-hydrogen) atoms. The van der Waals surface area contributed by atoms with Crippen molar-refractivity contribution >= 4 is 11.9 Å². The van der Waals surface area contributed by atoms with Gasteiger partial charge in [-0.3, -0.25) is 14.9 Å². The number of hydrogen-bond acceptors (Lipinski definition) is 4. The van der Waals surface area contributed by atoms with Gasteiger partial charge in [-0.25, -0.2) is 0 Å². The molecular weight excluding hydrogens is 224 g/mol. The molecule has 0 spiro atoms. The molecule has 0 aromatic heterocycles. The van der Waals surface area contributed by atoms with Gasteiger partial charge in [0.2, 0.25) is 5.91 Å². The summed E-state index contributed by atoms with van der Waals surface area (Å²) in [5.74, 6) is -1.00. The minimum atomic E-state index is -1.07. The van der Waals surface area contributed by atoms with E-state index in [-0.39, 0.29) is 31.3 Å². The Balaban J connectivity index is 2.72. The lowest BCUT2D eigenvalue weighted by Gasteiger charge is -2.39. The molecule has 1 rings (SSSR count). The van der Waals surface area contributed by atoms with Gasteiger partial charge in [0.15, 0.2) is 0 Å². The van der Waals surface area contributed by atoms with Crippen LogP contribution in [0.1, 0.15) is 27.2 Å². The lowest BCUT2D eigenvalue weighted by molar-refractivity contribution is -0.142.